The largest absolute Gasteiger partial charge is 0.356 e. The number of carbonyl (C=O) groups excluding carboxylic acids is 1. The van der Waals surface area contributed by atoms with Crippen molar-refractivity contribution in [3.8, 4) is 0 Å². The highest BCUT2D eigenvalue weighted by Crippen LogP contribution is 2.21. The SMILES string of the molecule is O=C(CNC(c1ccccc1)c1ccccc1)NC1CNCCO1. The van der Waals surface area contributed by atoms with E-state index in [4.69, 9.17) is 4.74 Å². The molecule has 1 aliphatic rings. The first-order valence-electron chi connectivity index (χ1n) is 8.28. The van der Waals surface area contributed by atoms with Crippen LogP contribution < -0.4 is 16.0 Å². The maximum absolute atomic E-state index is 12.2. The monoisotopic (exact) mass is 325 g/mol. The molecule has 24 heavy (non-hydrogen) atoms. The van der Waals surface area contributed by atoms with Crippen LogP contribution in [0.5, 0.6) is 0 Å². The van der Waals surface area contributed by atoms with E-state index in [-0.39, 0.29) is 24.7 Å². The Balaban J connectivity index is 1.63. The highest BCUT2D eigenvalue weighted by Gasteiger charge is 2.18. The minimum absolute atomic E-state index is 0.0245. The van der Waals surface area contributed by atoms with Crippen molar-refractivity contribution in [2.75, 3.05) is 26.2 Å². The quantitative estimate of drug-likeness (QED) is 0.752. The normalized spacial score (nSPS) is 17.6. The van der Waals surface area contributed by atoms with Gasteiger partial charge in [-0.15, -0.1) is 0 Å². The van der Waals surface area contributed by atoms with Gasteiger partial charge in [0.15, 0.2) is 0 Å². The molecule has 0 aromatic heterocycles. The number of hydrogen-bond acceptors (Lipinski definition) is 4. The molecule has 3 N–H and O–H groups in total. The standard InChI is InChI=1S/C19H23N3O2/c23-17(22-18-14-20-11-12-24-18)13-21-19(15-7-3-1-4-8-15)16-9-5-2-6-10-16/h1-10,18-21H,11-14H2,(H,22,23). The van der Waals surface area contributed by atoms with E-state index in [1.54, 1.807) is 0 Å². The van der Waals surface area contributed by atoms with Crippen molar-refractivity contribution >= 4 is 5.91 Å². The van der Waals surface area contributed by atoms with E-state index in [2.05, 4.69) is 40.2 Å². The number of morpholine rings is 1. The zero-order valence-electron chi connectivity index (χ0n) is 13.6. The van der Waals surface area contributed by atoms with Crippen molar-refractivity contribution < 1.29 is 9.53 Å². The third-order valence-electron chi connectivity index (χ3n) is 3.98. The first-order chi connectivity index (χ1) is 11.8. The van der Waals surface area contributed by atoms with E-state index in [0.717, 1.165) is 17.7 Å². The lowest BCUT2D eigenvalue weighted by Crippen LogP contribution is -2.51. The lowest BCUT2D eigenvalue weighted by molar-refractivity contribution is -0.125. The fourth-order valence-electron chi connectivity index (χ4n) is 2.80. The first kappa shape index (κ1) is 16.6. The third-order valence-corrected chi connectivity index (χ3v) is 3.98. The number of benzene rings is 2. The van der Waals surface area contributed by atoms with E-state index < -0.39 is 0 Å². The number of rotatable bonds is 6. The smallest absolute Gasteiger partial charge is 0.236 e. The molecule has 0 radical (unpaired) electrons. The molecular formula is C19H23N3O2. The summed E-state index contributed by atoms with van der Waals surface area (Å²) in [5, 5.41) is 9.44. The van der Waals surface area contributed by atoms with Crippen LogP contribution in [0.4, 0.5) is 0 Å². The Labute approximate surface area is 142 Å². The van der Waals surface area contributed by atoms with Crippen molar-refractivity contribution in [1.82, 2.24) is 16.0 Å². The molecule has 0 bridgehead atoms. The lowest BCUT2D eigenvalue weighted by atomic mass is 9.99. The zero-order chi connectivity index (χ0) is 16.6. The molecule has 5 heteroatoms. The summed E-state index contributed by atoms with van der Waals surface area (Å²) in [5.41, 5.74) is 2.26. The van der Waals surface area contributed by atoms with Crippen LogP contribution in [0.3, 0.4) is 0 Å². The second-order valence-corrected chi connectivity index (χ2v) is 5.77. The van der Waals surface area contributed by atoms with Gasteiger partial charge in [-0.3, -0.25) is 10.1 Å². The fraction of sp³-hybridized carbons (Fsp3) is 0.316. The molecule has 0 spiro atoms. The summed E-state index contributed by atoms with van der Waals surface area (Å²) >= 11 is 0. The van der Waals surface area contributed by atoms with Crippen LogP contribution in [-0.4, -0.2) is 38.4 Å². The van der Waals surface area contributed by atoms with Crippen molar-refractivity contribution in [1.29, 1.82) is 0 Å². The number of amides is 1. The van der Waals surface area contributed by atoms with Gasteiger partial charge in [-0.2, -0.15) is 0 Å². The minimum Gasteiger partial charge on any atom is -0.356 e. The van der Waals surface area contributed by atoms with Crippen LogP contribution in [0.15, 0.2) is 60.7 Å². The Hall–Kier alpha value is -2.21. The van der Waals surface area contributed by atoms with Crippen LogP contribution in [0.2, 0.25) is 0 Å². The third kappa shape index (κ3) is 4.64. The Morgan fingerprint density at radius 2 is 1.71 bits per heavy atom. The molecule has 5 nitrogen and oxygen atoms in total. The average molecular weight is 325 g/mol. The molecule has 1 fully saturated rings. The molecular weight excluding hydrogens is 302 g/mol. The average Bonchev–Trinajstić information content (AvgIpc) is 2.64. The molecule has 1 amide bonds. The Morgan fingerprint density at radius 3 is 2.25 bits per heavy atom. The Bertz CT molecular complexity index is 588. The molecule has 1 saturated heterocycles. The van der Waals surface area contributed by atoms with Gasteiger partial charge < -0.3 is 15.4 Å². The Kier molecular flexibility index (Phi) is 5.96. The first-order valence-corrected chi connectivity index (χ1v) is 8.28. The van der Waals surface area contributed by atoms with Gasteiger partial charge in [-0.25, -0.2) is 0 Å². The molecule has 1 heterocycles. The van der Waals surface area contributed by atoms with Gasteiger partial charge in [0.25, 0.3) is 0 Å². The van der Waals surface area contributed by atoms with Gasteiger partial charge in [0.1, 0.15) is 6.23 Å². The van der Waals surface area contributed by atoms with E-state index in [1.165, 1.54) is 0 Å². The summed E-state index contributed by atoms with van der Waals surface area (Å²) in [5.74, 6) is -0.0689. The van der Waals surface area contributed by atoms with E-state index >= 15 is 0 Å². The van der Waals surface area contributed by atoms with Crippen LogP contribution in [0.25, 0.3) is 0 Å². The predicted molar refractivity (Wildman–Crippen MR) is 93.5 cm³/mol. The van der Waals surface area contributed by atoms with Gasteiger partial charge in [-0.1, -0.05) is 60.7 Å². The van der Waals surface area contributed by atoms with Gasteiger partial charge in [-0.05, 0) is 11.1 Å². The van der Waals surface area contributed by atoms with Gasteiger partial charge in [0.05, 0.1) is 19.2 Å². The van der Waals surface area contributed by atoms with Crippen LogP contribution in [0.1, 0.15) is 17.2 Å². The Morgan fingerprint density at radius 1 is 1.08 bits per heavy atom. The summed E-state index contributed by atoms with van der Waals surface area (Å²) in [7, 11) is 0. The minimum atomic E-state index is -0.250. The second kappa shape index (κ2) is 8.59. The highest BCUT2D eigenvalue weighted by molar-refractivity contribution is 5.78. The molecule has 126 valence electrons. The predicted octanol–water partition coefficient (Wildman–Crippen LogP) is 1.43. The molecule has 1 atom stereocenters. The van der Waals surface area contributed by atoms with Crippen LogP contribution >= 0.6 is 0 Å². The van der Waals surface area contributed by atoms with E-state index in [0.29, 0.717) is 13.2 Å². The van der Waals surface area contributed by atoms with Crippen molar-refractivity contribution in [3.63, 3.8) is 0 Å². The van der Waals surface area contributed by atoms with Gasteiger partial charge >= 0.3 is 0 Å². The van der Waals surface area contributed by atoms with Crippen molar-refractivity contribution in [2.24, 2.45) is 0 Å². The van der Waals surface area contributed by atoms with Crippen molar-refractivity contribution in [3.05, 3.63) is 71.8 Å². The maximum Gasteiger partial charge on any atom is 0.236 e. The molecule has 1 aliphatic heterocycles. The highest BCUT2D eigenvalue weighted by atomic mass is 16.5. The number of ether oxygens (including phenoxy) is 1. The summed E-state index contributed by atoms with van der Waals surface area (Å²) in [6.07, 6.45) is -0.250. The topological polar surface area (TPSA) is 62.4 Å². The molecule has 1 unspecified atom stereocenters. The molecule has 0 aliphatic carbocycles. The van der Waals surface area contributed by atoms with Gasteiger partial charge in [0.2, 0.25) is 5.91 Å². The molecule has 2 aromatic rings. The fourth-order valence-corrected chi connectivity index (χ4v) is 2.80. The summed E-state index contributed by atoms with van der Waals surface area (Å²) in [6.45, 7) is 2.32. The molecule has 3 rings (SSSR count). The van der Waals surface area contributed by atoms with E-state index in [1.807, 2.05) is 36.4 Å². The number of nitrogens with one attached hydrogen (secondary N) is 3. The van der Waals surface area contributed by atoms with E-state index in [9.17, 15) is 4.79 Å². The lowest BCUT2D eigenvalue weighted by Gasteiger charge is -2.25. The van der Waals surface area contributed by atoms with Crippen LogP contribution in [0, 0.1) is 0 Å². The number of hydrogen-bond donors (Lipinski definition) is 3. The zero-order valence-corrected chi connectivity index (χ0v) is 13.6. The second-order valence-electron chi connectivity index (χ2n) is 5.77. The van der Waals surface area contributed by atoms with Crippen LogP contribution in [-0.2, 0) is 9.53 Å². The summed E-state index contributed by atoms with van der Waals surface area (Å²) < 4.78 is 5.50. The summed E-state index contributed by atoms with van der Waals surface area (Å²) in [6, 6.07) is 20.3. The molecule has 2 aromatic carbocycles. The maximum atomic E-state index is 12.2. The molecule has 0 saturated carbocycles. The van der Waals surface area contributed by atoms with Crippen molar-refractivity contribution in [2.45, 2.75) is 12.3 Å². The summed E-state index contributed by atoms with van der Waals surface area (Å²) in [4.78, 5) is 12.2. The number of carbonyl (C=O) groups is 1. The van der Waals surface area contributed by atoms with Gasteiger partial charge in [0, 0.05) is 13.1 Å².